The van der Waals surface area contributed by atoms with Gasteiger partial charge in [0.25, 0.3) is 5.69 Å². The van der Waals surface area contributed by atoms with Crippen molar-refractivity contribution in [2.75, 3.05) is 6.61 Å². The van der Waals surface area contributed by atoms with Gasteiger partial charge in [-0.25, -0.2) is 0 Å². The zero-order valence-electron chi connectivity index (χ0n) is 13.1. The van der Waals surface area contributed by atoms with Gasteiger partial charge in [0, 0.05) is 41.3 Å². The maximum absolute atomic E-state index is 11.3. The average molecular weight is 324 g/mol. The molecule has 0 aliphatic rings. The van der Waals surface area contributed by atoms with Gasteiger partial charge in [-0.15, -0.1) is 0 Å². The molecule has 24 heavy (non-hydrogen) atoms. The van der Waals surface area contributed by atoms with Crippen molar-refractivity contribution in [3.8, 4) is 5.75 Å². The Hall–Kier alpha value is -3.15. The van der Waals surface area contributed by atoms with Crippen molar-refractivity contribution < 1.29 is 14.5 Å². The fraction of sp³-hybridized carbons (Fsp3) is 0.167. The molecule has 0 atom stereocenters. The molecule has 0 bridgehead atoms. The van der Waals surface area contributed by atoms with Crippen molar-refractivity contribution in [2.24, 2.45) is 0 Å². The van der Waals surface area contributed by atoms with E-state index in [9.17, 15) is 14.9 Å². The van der Waals surface area contributed by atoms with Gasteiger partial charge in [-0.2, -0.15) is 0 Å². The lowest BCUT2D eigenvalue weighted by molar-refractivity contribution is -0.384. The molecule has 0 saturated carbocycles. The summed E-state index contributed by atoms with van der Waals surface area (Å²) in [7, 11) is 0. The normalized spacial score (nSPS) is 10.7. The fourth-order valence-electron chi connectivity index (χ4n) is 2.70. The van der Waals surface area contributed by atoms with Gasteiger partial charge < -0.3 is 9.30 Å². The van der Waals surface area contributed by atoms with Crippen LogP contribution >= 0.6 is 0 Å². The number of ether oxygens (including phenoxy) is 1. The lowest BCUT2D eigenvalue weighted by atomic mass is 10.2. The summed E-state index contributed by atoms with van der Waals surface area (Å²) in [4.78, 5) is 21.6. The summed E-state index contributed by atoms with van der Waals surface area (Å²) in [5.74, 6) is 0.723. The molecule has 0 aliphatic heterocycles. The largest absolute Gasteiger partial charge is 0.494 e. The van der Waals surface area contributed by atoms with E-state index in [-0.39, 0.29) is 5.69 Å². The molecule has 1 heterocycles. The summed E-state index contributed by atoms with van der Waals surface area (Å²) in [5.41, 5.74) is 2.49. The highest BCUT2D eigenvalue weighted by atomic mass is 16.6. The van der Waals surface area contributed by atoms with Crippen LogP contribution in [0.5, 0.6) is 5.75 Å². The van der Waals surface area contributed by atoms with Gasteiger partial charge in [0.2, 0.25) is 0 Å². The molecule has 1 aromatic heterocycles. The van der Waals surface area contributed by atoms with E-state index in [1.807, 2.05) is 29.7 Å². The van der Waals surface area contributed by atoms with E-state index in [0.717, 1.165) is 28.5 Å². The van der Waals surface area contributed by atoms with Gasteiger partial charge >= 0.3 is 0 Å². The predicted octanol–water partition coefficient (Wildman–Crippen LogP) is 3.81. The van der Waals surface area contributed by atoms with Crippen LogP contribution in [0.4, 0.5) is 5.69 Å². The maximum atomic E-state index is 11.3. The zero-order valence-corrected chi connectivity index (χ0v) is 13.1. The molecule has 3 aromatic rings. The molecule has 0 spiro atoms. The predicted molar refractivity (Wildman–Crippen MR) is 90.7 cm³/mol. The fourth-order valence-corrected chi connectivity index (χ4v) is 2.70. The third-order valence-corrected chi connectivity index (χ3v) is 3.82. The Morgan fingerprint density at radius 2 is 1.96 bits per heavy atom. The van der Waals surface area contributed by atoms with Crippen molar-refractivity contribution in [1.82, 2.24) is 4.57 Å². The molecule has 6 nitrogen and oxygen atoms in total. The number of nitro benzene ring substituents is 1. The van der Waals surface area contributed by atoms with Gasteiger partial charge in [0.05, 0.1) is 11.5 Å². The Balaban J connectivity index is 1.97. The monoisotopic (exact) mass is 324 g/mol. The molecule has 0 saturated heterocycles. The summed E-state index contributed by atoms with van der Waals surface area (Å²) in [6, 6.07) is 12.0. The van der Waals surface area contributed by atoms with Crippen LogP contribution in [0.15, 0.2) is 48.7 Å². The van der Waals surface area contributed by atoms with Crippen LogP contribution in [0.2, 0.25) is 0 Å². The Morgan fingerprint density at radius 3 is 2.58 bits per heavy atom. The summed E-state index contributed by atoms with van der Waals surface area (Å²) in [6.45, 7) is 2.99. The molecule has 0 radical (unpaired) electrons. The smallest absolute Gasteiger partial charge is 0.269 e. The number of nitrogens with zero attached hydrogens (tertiary/aromatic N) is 2. The molecule has 0 N–H and O–H groups in total. The standard InChI is InChI=1S/C18H16N2O4/c1-2-24-16-7-8-18-17(9-16)14(12-21)11-19(18)10-13-3-5-15(6-4-13)20(22)23/h3-9,11-12H,2,10H2,1H3. The Bertz CT molecular complexity index is 897. The van der Waals surface area contributed by atoms with Crippen molar-refractivity contribution in [3.05, 3.63) is 69.9 Å². The molecule has 3 rings (SSSR count). The van der Waals surface area contributed by atoms with Crippen LogP contribution in [-0.2, 0) is 6.54 Å². The number of carbonyl (C=O) groups is 1. The molecule has 2 aromatic carbocycles. The second kappa shape index (κ2) is 6.54. The number of carbonyl (C=O) groups excluding carboxylic acids is 1. The summed E-state index contributed by atoms with van der Waals surface area (Å²) < 4.78 is 7.44. The molecule has 0 fully saturated rings. The van der Waals surface area contributed by atoms with Gasteiger partial charge in [-0.05, 0) is 30.7 Å². The molecule has 6 heteroatoms. The Kier molecular flexibility index (Phi) is 4.29. The van der Waals surface area contributed by atoms with Gasteiger partial charge in [-0.3, -0.25) is 14.9 Å². The van der Waals surface area contributed by atoms with Crippen molar-refractivity contribution in [1.29, 1.82) is 0 Å². The van der Waals surface area contributed by atoms with Crippen LogP contribution in [-0.4, -0.2) is 22.4 Å². The Morgan fingerprint density at radius 1 is 1.21 bits per heavy atom. The van der Waals surface area contributed by atoms with Crippen LogP contribution in [0.25, 0.3) is 10.9 Å². The SMILES string of the molecule is CCOc1ccc2c(c1)c(C=O)cn2Cc1ccc([N+](=O)[O-])cc1. The number of aromatic nitrogens is 1. The van der Waals surface area contributed by atoms with E-state index in [1.54, 1.807) is 18.3 Å². The van der Waals surface area contributed by atoms with Crippen LogP contribution < -0.4 is 4.74 Å². The number of fused-ring (bicyclic) bond motifs is 1. The second-order valence-electron chi connectivity index (χ2n) is 5.37. The number of aldehydes is 1. The molecular weight excluding hydrogens is 308 g/mol. The van der Waals surface area contributed by atoms with E-state index < -0.39 is 4.92 Å². The molecule has 0 unspecified atom stereocenters. The topological polar surface area (TPSA) is 74.4 Å². The van der Waals surface area contributed by atoms with Crippen LogP contribution in [0.3, 0.4) is 0 Å². The van der Waals surface area contributed by atoms with E-state index in [0.29, 0.717) is 18.7 Å². The molecule has 0 amide bonds. The second-order valence-corrected chi connectivity index (χ2v) is 5.37. The summed E-state index contributed by atoms with van der Waals surface area (Å²) >= 11 is 0. The van der Waals surface area contributed by atoms with E-state index in [1.165, 1.54) is 12.1 Å². The number of benzene rings is 2. The average Bonchev–Trinajstić information content (AvgIpc) is 2.93. The first-order chi connectivity index (χ1) is 11.6. The van der Waals surface area contributed by atoms with E-state index >= 15 is 0 Å². The van der Waals surface area contributed by atoms with Crippen LogP contribution in [0.1, 0.15) is 22.8 Å². The third-order valence-electron chi connectivity index (χ3n) is 3.82. The first-order valence-corrected chi connectivity index (χ1v) is 7.56. The highest BCUT2D eigenvalue weighted by Gasteiger charge is 2.11. The van der Waals surface area contributed by atoms with Crippen LogP contribution in [0, 0.1) is 10.1 Å². The van der Waals surface area contributed by atoms with E-state index in [2.05, 4.69) is 0 Å². The minimum atomic E-state index is -0.422. The van der Waals surface area contributed by atoms with E-state index in [4.69, 9.17) is 4.74 Å². The highest BCUT2D eigenvalue weighted by molar-refractivity contribution is 5.98. The first-order valence-electron chi connectivity index (χ1n) is 7.56. The zero-order chi connectivity index (χ0) is 17.1. The summed E-state index contributed by atoms with van der Waals surface area (Å²) in [6.07, 6.45) is 2.61. The lowest BCUT2D eigenvalue weighted by Crippen LogP contribution is -1.98. The minimum absolute atomic E-state index is 0.0612. The molecule has 122 valence electrons. The lowest BCUT2D eigenvalue weighted by Gasteiger charge is -2.07. The number of nitro groups is 1. The van der Waals surface area contributed by atoms with Gasteiger partial charge in [0.1, 0.15) is 5.75 Å². The Labute approximate surface area is 138 Å². The van der Waals surface area contributed by atoms with Crippen molar-refractivity contribution >= 4 is 22.9 Å². The van der Waals surface area contributed by atoms with Gasteiger partial charge in [0.15, 0.2) is 6.29 Å². The minimum Gasteiger partial charge on any atom is -0.494 e. The van der Waals surface area contributed by atoms with Gasteiger partial charge in [-0.1, -0.05) is 12.1 Å². The molecular formula is C18H16N2O4. The quantitative estimate of drug-likeness (QED) is 0.392. The third kappa shape index (κ3) is 2.99. The van der Waals surface area contributed by atoms with Crippen molar-refractivity contribution in [3.63, 3.8) is 0 Å². The molecule has 0 aliphatic carbocycles. The first kappa shape index (κ1) is 15.7. The number of non-ortho nitro benzene ring substituents is 1. The maximum Gasteiger partial charge on any atom is 0.269 e. The highest BCUT2D eigenvalue weighted by Crippen LogP contribution is 2.26. The number of rotatable bonds is 6. The summed E-state index contributed by atoms with van der Waals surface area (Å²) in [5, 5.41) is 11.6. The number of hydrogen-bond acceptors (Lipinski definition) is 4. The van der Waals surface area contributed by atoms with Crippen molar-refractivity contribution in [2.45, 2.75) is 13.5 Å². The number of hydrogen-bond donors (Lipinski definition) is 0.